The van der Waals surface area contributed by atoms with E-state index >= 15 is 0 Å². The van der Waals surface area contributed by atoms with E-state index in [1.54, 1.807) is 0 Å². The van der Waals surface area contributed by atoms with E-state index in [0.29, 0.717) is 6.61 Å². The van der Waals surface area contributed by atoms with Gasteiger partial charge < -0.3 is 14.8 Å². The summed E-state index contributed by atoms with van der Waals surface area (Å²) in [5.41, 5.74) is 2.14. The van der Waals surface area contributed by atoms with Crippen LogP contribution in [-0.4, -0.2) is 24.8 Å². The van der Waals surface area contributed by atoms with Gasteiger partial charge in [0.1, 0.15) is 12.7 Å². The van der Waals surface area contributed by atoms with E-state index in [2.05, 4.69) is 5.32 Å². The van der Waals surface area contributed by atoms with Crippen LogP contribution in [0.1, 0.15) is 11.1 Å². The second-order valence-electron chi connectivity index (χ2n) is 5.37. The van der Waals surface area contributed by atoms with Gasteiger partial charge >= 0.3 is 6.09 Å². The fourth-order valence-corrected chi connectivity index (χ4v) is 2.35. The number of epoxide rings is 1. The zero-order chi connectivity index (χ0) is 15.2. The van der Waals surface area contributed by atoms with Gasteiger partial charge in [-0.1, -0.05) is 60.7 Å². The van der Waals surface area contributed by atoms with Gasteiger partial charge in [0.15, 0.2) is 0 Å². The summed E-state index contributed by atoms with van der Waals surface area (Å²) in [6, 6.07) is 19.7. The van der Waals surface area contributed by atoms with Gasteiger partial charge in [-0.15, -0.1) is 0 Å². The van der Waals surface area contributed by atoms with E-state index in [9.17, 15) is 4.79 Å². The molecule has 4 heteroatoms. The Morgan fingerprint density at radius 2 is 1.68 bits per heavy atom. The summed E-state index contributed by atoms with van der Waals surface area (Å²) >= 11 is 0. The summed E-state index contributed by atoms with van der Waals surface area (Å²) in [6.45, 7) is 0.965. The molecular weight excluding hydrogens is 278 g/mol. The molecule has 1 aliphatic rings. The third kappa shape index (κ3) is 4.33. The van der Waals surface area contributed by atoms with Gasteiger partial charge in [0, 0.05) is 0 Å². The van der Waals surface area contributed by atoms with Crippen LogP contribution in [0.4, 0.5) is 4.79 Å². The molecule has 0 aromatic heterocycles. The normalized spacial score (nSPS) is 17.5. The Morgan fingerprint density at radius 1 is 1.09 bits per heavy atom. The smallest absolute Gasteiger partial charge is 0.407 e. The van der Waals surface area contributed by atoms with Crippen molar-refractivity contribution in [2.45, 2.75) is 25.2 Å². The van der Waals surface area contributed by atoms with Crippen molar-refractivity contribution in [3.63, 3.8) is 0 Å². The van der Waals surface area contributed by atoms with Crippen molar-refractivity contribution in [1.82, 2.24) is 5.32 Å². The number of amides is 1. The molecule has 3 rings (SSSR count). The molecular formula is C18H19NO3. The summed E-state index contributed by atoms with van der Waals surface area (Å²) in [5.74, 6) is 0. The minimum absolute atomic E-state index is 0.0503. The number of hydrogen-bond donors (Lipinski definition) is 1. The monoisotopic (exact) mass is 297 g/mol. The Kier molecular flexibility index (Phi) is 4.71. The number of carbonyl (C=O) groups is 1. The third-order valence-electron chi connectivity index (χ3n) is 3.62. The highest BCUT2D eigenvalue weighted by Gasteiger charge is 2.34. The van der Waals surface area contributed by atoms with Crippen LogP contribution in [0, 0.1) is 0 Å². The van der Waals surface area contributed by atoms with Crippen LogP contribution in [0.5, 0.6) is 0 Å². The molecule has 1 aliphatic heterocycles. The molecule has 4 nitrogen and oxygen atoms in total. The van der Waals surface area contributed by atoms with Crippen LogP contribution in [0.2, 0.25) is 0 Å². The van der Waals surface area contributed by atoms with Crippen LogP contribution >= 0.6 is 0 Å². The molecule has 1 N–H and O–H groups in total. The first-order chi connectivity index (χ1) is 10.8. The van der Waals surface area contributed by atoms with Gasteiger partial charge in [-0.05, 0) is 17.5 Å². The van der Waals surface area contributed by atoms with Crippen molar-refractivity contribution in [1.29, 1.82) is 0 Å². The maximum Gasteiger partial charge on any atom is 0.407 e. The van der Waals surface area contributed by atoms with Gasteiger partial charge in [-0.2, -0.15) is 0 Å². The first-order valence-corrected chi connectivity index (χ1v) is 7.44. The standard InChI is InChI=1S/C18H19NO3/c20-18(22-12-15-9-5-2-6-10-15)19-16(17-13-21-17)11-14-7-3-1-4-8-14/h1-10,16-17H,11-13H2,(H,19,20)/t16-,17?/m0/s1. The van der Waals surface area contributed by atoms with Gasteiger partial charge in [0.05, 0.1) is 12.6 Å². The number of alkyl carbamates (subject to hydrolysis) is 1. The molecule has 2 aromatic rings. The van der Waals surface area contributed by atoms with E-state index in [-0.39, 0.29) is 18.8 Å². The summed E-state index contributed by atoms with van der Waals surface area (Å²) in [6.07, 6.45) is 0.427. The lowest BCUT2D eigenvalue weighted by Crippen LogP contribution is -2.40. The zero-order valence-corrected chi connectivity index (χ0v) is 12.3. The molecule has 1 amide bonds. The maximum atomic E-state index is 12.0. The first-order valence-electron chi connectivity index (χ1n) is 7.44. The molecule has 0 saturated carbocycles. The molecule has 2 aromatic carbocycles. The lowest BCUT2D eigenvalue weighted by Gasteiger charge is -2.16. The highest BCUT2D eigenvalue weighted by Crippen LogP contribution is 2.18. The van der Waals surface area contributed by atoms with Crippen LogP contribution in [-0.2, 0) is 22.5 Å². The number of nitrogens with one attached hydrogen (secondary N) is 1. The Balaban J connectivity index is 1.51. The van der Waals surface area contributed by atoms with Crippen molar-refractivity contribution < 1.29 is 14.3 Å². The van der Waals surface area contributed by atoms with Crippen molar-refractivity contribution in [2.75, 3.05) is 6.61 Å². The summed E-state index contributed by atoms with van der Waals surface area (Å²) < 4.78 is 10.6. The topological polar surface area (TPSA) is 50.9 Å². The highest BCUT2D eigenvalue weighted by molar-refractivity contribution is 5.67. The van der Waals surface area contributed by atoms with E-state index in [1.165, 1.54) is 5.56 Å². The van der Waals surface area contributed by atoms with E-state index in [0.717, 1.165) is 12.0 Å². The largest absolute Gasteiger partial charge is 0.445 e. The van der Waals surface area contributed by atoms with E-state index in [1.807, 2.05) is 60.7 Å². The van der Waals surface area contributed by atoms with Crippen LogP contribution in [0.25, 0.3) is 0 Å². The molecule has 0 radical (unpaired) electrons. The summed E-state index contributed by atoms with van der Waals surface area (Å²) in [7, 11) is 0. The number of carbonyl (C=O) groups excluding carboxylic acids is 1. The number of hydrogen-bond acceptors (Lipinski definition) is 3. The fourth-order valence-electron chi connectivity index (χ4n) is 2.35. The molecule has 1 saturated heterocycles. The second-order valence-corrected chi connectivity index (χ2v) is 5.37. The lowest BCUT2D eigenvalue weighted by atomic mass is 10.0. The maximum absolute atomic E-state index is 12.0. The molecule has 1 unspecified atom stereocenters. The minimum Gasteiger partial charge on any atom is -0.445 e. The molecule has 2 atom stereocenters. The molecule has 114 valence electrons. The molecule has 0 bridgehead atoms. The Hall–Kier alpha value is -2.33. The number of ether oxygens (including phenoxy) is 2. The van der Waals surface area contributed by atoms with Crippen molar-refractivity contribution in [3.8, 4) is 0 Å². The second kappa shape index (κ2) is 7.09. The fraction of sp³-hybridized carbons (Fsp3) is 0.278. The van der Waals surface area contributed by atoms with Crippen LogP contribution in [0.15, 0.2) is 60.7 Å². The number of rotatable bonds is 6. The zero-order valence-electron chi connectivity index (χ0n) is 12.3. The Bertz CT molecular complexity index is 596. The average Bonchev–Trinajstić information content (AvgIpc) is 3.39. The van der Waals surface area contributed by atoms with Crippen molar-refractivity contribution >= 4 is 6.09 Å². The van der Waals surface area contributed by atoms with Crippen molar-refractivity contribution in [2.24, 2.45) is 0 Å². The van der Waals surface area contributed by atoms with E-state index in [4.69, 9.17) is 9.47 Å². The number of benzene rings is 2. The summed E-state index contributed by atoms with van der Waals surface area (Å²) in [5, 5.41) is 2.91. The van der Waals surface area contributed by atoms with Gasteiger partial charge in [0.25, 0.3) is 0 Å². The Labute approximate surface area is 130 Å². The van der Waals surface area contributed by atoms with Gasteiger partial charge in [-0.3, -0.25) is 0 Å². The summed E-state index contributed by atoms with van der Waals surface area (Å²) in [4.78, 5) is 12.0. The lowest BCUT2D eigenvalue weighted by molar-refractivity contribution is 0.133. The van der Waals surface area contributed by atoms with Crippen LogP contribution < -0.4 is 5.32 Å². The Morgan fingerprint density at radius 3 is 2.27 bits per heavy atom. The molecule has 0 spiro atoms. The predicted octanol–water partition coefficient (Wildman–Crippen LogP) is 2.92. The molecule has 1 fully saturated rings. The highest BCUT2D eigenvalue weighted by atomic mass is 16.6. The minimum atomic E-state index is -0.403. The molecule has 0 aliphatic carbocycles. The molecule has 1 heterocycles. The van der Waals surface area contributed by atoms with Crippen molar-refractivity contribution in [3.05, 3.63) is 71.8 Å². The van der Waals surface area contributed by atoms with Gasteiger partial charge in [-0.25, -0.2) is 4.79 Å². The molecule has 22 heavy (non-hydrogen) atoms. The van der Waals surface area contributed by atoms with E-state index < -0.39 is 6.09 Å². The average molecular weight is 297 g/mol. The SMILES string of the molecule is O=C(N[C@@H](Cc1ccccc1)C1CO1)OCc1ccccc1. The van der Waals surface area contributed by atoms with Gasteiger partial charge in [0.2, 0.25) is 0 Å². The predicted molar refractivity (Wildman–Crippen MR) is 83.4 cm³/mol. The van der Waals surface area contributed by atoms with Crippen LogP contribution in [0.3, 0.4) is 0 Å². The quantitative estimate of drug-likeness (QED) is 0.834. The third-order valence-corrected chi connectivity index (χ3v) is 3.62. The first kappa shape index (κ1) is 14.6.